The molecule has 0 radical (unpaired) electrons. The molecule has 0 aliphatic rings. The fraction of sp³-hybridized carbons (Fsp3) is 0.292. The Morgan fingerprint density at radius 1 is 1.00 bits per heavy atom. The van der Waals surface area contributed by atoms with Crippen LogP contribution < -0.4 is 5.69 Å². The molecule has 5 nitrogen and oxygen atoms in total. The van der Waals surface area contributed by atoms with Gasteiger partial charge in [0.2, 0.25) is 0 Å². The van der Waals surface area contributed by atoms with Gasteiger partial charge in [-0.05, 0) is 35.1 Å². The van der Waals surface area contributed by atoms with Gasteiger partial charge in [-0.1, -0.05) is 58.0 Å². The molecule has 0 saturated heterocycles. The summed E-state index contributed by atoms with van der Waals surface area (Å²) in [6.07, 6.45) is 5.22. The maximum Gasteiger partial charge on any atom is 0.334 e. The third-order valence-electron chi connectivity index (χ3n) is 5.34. The fourth-order valence-corrected chi connectivity index (χ4v) is 3.84. The first-order valence-corrected chi connectivity index (χ1v) is 10.1. The van der Waals surface area contributed by atoms with E-state index in [1.54, 1.807) is 21.4 Å². The highest BCUT2D eigenvalue weighted by atomic mass is 16.1. The Balaban J connectivity index is 1.81. The normalized spacial score (nSPS) is 12.2. The van der Waals surface area contributed by atoms with Gasteiger partial charge in [0.1, 0.15) is 5.65 Å². The van der Waals surface area contributed by atoms with Crippen molar-refractivity contribution in [2.75, 3.05) is 0 Å². The predicted molar refractivity (Wildman–Crippen MR) is 120 cm³/mol. The van der Waals surface area contributed by atoms with Crippen LogP contribution in [0, 0.1) is 0 Å². The molecule has 4 aromatic rings. The molecule has 0 amide bonds. The van der Waals surface area contributed by atoms with Crippen molar-refractivity contribution < 1.29 is 0 Å². The number of hydrogen-bond acceptors (Lipinski definition) is 3. The maximum atomic E-state index is 13.0. The zero-order valence-electron chi connectivity index (χ0n) is 17.3. The quantitative estimate of drug-likeness (QED) is 0.437. The fourth-order valence-electron chi connectivity index (χ4n) is 3.84. The maximum absolute atomic E-state index is 13.0. The molecule has 0 unspecified atom stereocenters. The van der Waals surface area contributed by atoms with Crippen LogP contribution in [0.4, 0.5) is 5.69 Å². The van der Waals surface area contributed by atoms with Crippen molar-refractivity contribution in [3.8, 4) is 0 Å². The van der Waals surface area contributed by atoms with Gasteiger partial charge >= 0.3 is 5.69 Å². The number of benzene rings is 2. The molecule has 0 aliphatic carbocycles. The van der Waals surface area contributed by atoms with Crippen LogP contribution in [0.25, 0.3) is 16.6 Å². The molecule has 0 bridgehead atoms. The molecule has 29 heavy (non-hydrogen) atoms. The number of para-hydroxylation sites is 2. The lowest BCUT2D eigenvalue weighted by Crippen LogP contribution is -2.27. The van der Waals surface area contributed by atoms with Crippen LogP contribution in [-0.2, 0) is 6.54 Å². The van der Waals surface area contributed by atoms with Crippen molar-refractivity contribution in [2.24, 2.45) is 4.99 Å². The molecule has 0 N–H and O–H groups in total. The Hall–Kier alpha value is -3.21. The average molecular weight is 386 g/mol. The zero-order chi connectivity index (χ0) is 20.5. The van der Waals surface area contributed by atoms with Crippen LogP contribution in [0.1, 0.15) is 50.7 Å². The Labute approximate surface area is 170 Å². The molecule has 0 saturated carbocycles. The van der Waals surface area contributed by atoms with Gasteiger partial charge in [-0.25, -0.2) is 9.78 Å². The Kier molecular flexibility index (Phi) is 5.05. The summed E-state index contributed by atoms with van der Waals surface area (Å²) in [7, 11) is 0. The first kappa shape index (κ1) is 19.1. The third kappa shape index (κ3) is 3.37. The van der Waals surface area contributed by atoms with Crippen molar-refractivity contribution >= 4 is 28.5 Å². The Morgan fingerprint density at radius 2 is 1.69 bits per heavy atom. The topological polar surface area (TPSA) is 51.7 Å². The van der Waals surface area contributed by atoms with Crippen molar-refractivity contribution in [1.82, 2.24) is 14.0 Å². The van der Waals surface area contributed by atoms with E-state index < -0.39 is 0 Å². The summed E-state index contributed by atoms with van der Waals surface area (Å²) in [6, 6.07) is 14.3. The van der Waals surface area contributed by atoms with E-state index in [-0.39, 0.29) is 5.69 Å². The van der Waals surface area contributed by atoms with Gasteiger partial charge in [0, 0.05) is 24.0 Å². The van der Waals surface area contributed by atoms with Gasteiger partial charge in [-0.3, -0.25) is 14.0 Å². The Morgan fingerprint density at radius 3 is 2.38 bits per heavy atom. The minimum atomic E-state index is -0.108. The molecule has 2 aromatic carbocycles. The highest BCUT2D eigenvalue weighted by Crippen LogP contribution is 2.34. The largest absolute Gasteiger partial charge is 0.334 e. The van der Waals surface area contributed by atoms with Gasteiger partial charge in [0.25, 0.3) is 0 Å². The number of aliphatic imine (C=N–C) groups is 1. The van der Waals surface area contributed by atoms with E-state index >= 15 is 0 Å². The minimum Gasteiger partial charge on any atom is -0.288 e. The van der Waals surface area contributed by atoms with Crippen molar-refractivity contribution in [3.63, 3.8) is 0 Å². The number of aromatic nitrogens is 3. The third-order valence-corrected chi connectivity index (χ3v) is 5.34. The smallest absolute Gasteiger partial charge is 0.288 e. The van der Waals surface area contributed by atoms with Crippen LogP contribution in [0.3, 0.4) is 0 Å². The van der Waals surface area contributed by atoms with Gasteiger partial charge in [0.15, 0.2) is 0 Å². The highest BCUT2D eigenvalue weighted by molar-refractivity contribution is 5.91. The highest BCUT2D eigenvalue weighted by Gasteiger charge is 2.13. The molecule has 148 valence electrons. The number of rotatable bonds is 5. The van der Waals surface area contributed by atoms with Crippen LogP contribution in [0.15, 0.2) is 64.6 Å². The van der Waals surface area contributed by atoms with Gasteiger partial charge in [0.05, 0.1) is 17.7 Å². The summed E-state index contributed by atoms with van der Waals surface area (Å²) >= 11 is 0. The van der Waals surface area contributed by atoms with Gasteiger partial charge < -0.3 is 0 Å². The van der Waals surface area contributed by atoms with Crippen molar-refractivity contribution in [2.45, 2.75) is 46.1 Å². The lowest BCUT2D eigenvalue weighted by atomic mass is 9.93. The second kappa shape index (κ2) is 7.66. The lowest BCUT2D eigenvalue weighted by molar-refractivity contribution is 0.791. The summed E-state index contributed by atoms with van der Waals surface area (Å²) in [5, 5.41) is 0.955. The standard InChI is InChI=1S/C24H26N4O/c1-16(2)18-9-7-10-19(17(3)4)22(18)25-12-14-27-21-11-6-5-8-20(21)23-26-13-15-28(23)24(27)29/h5-13,15-17H,14H2,1-4H3/b25-12+. The van der Waals surface area contributed by atoms with Crippen LogP contribution in [0.2, 0.25) is 0 Å². The first-order chi connectivity index (χ1) is 14.0. The molecule has 0 fully saturated rings. The van der Waals surface area contributed by atoms with Crippen LogP contribution >= 0.6 is 0 Å². The molecule has 2 aromatic heterocycles. The van der Waals surface area contributed by atoms with Crippen molar-refractivity contribution in [3.05, 3.63) is 76.5 Å². The summed E-state index contributed by atoms with van der Waals surface area (Å²) < 4.78 is 3.35. The number of nitrogens with zero attached hydrogens (tertiary/aromatic N) is 4. The Bertz CT molecular complexity index is 1230. The summed E-state index contributed by atoms with van der Waals surface area (Å²) in [5.41, 5.74) is 4.93. The number of hydrogen-bond donors (Lipinski definition) is 0. The second-order valence-electron chi connectivity index (χ2n) is 7.94. The molecule has 0 atom stereocenters. The molecule has 0 spiro atoms. The van der Waals surface area contributed by atoms with Crippen LogP contribution in [0.5, 0.6) is 0 Å². The van der Waals surface area contributed by atoms with Crippen molar-refractivity contribution in [1.29, 1.82) is 0 Å². The molecule has 2 heterocycles. The van der Waals surface area contributed by atoms with E-state index in [1.165, 1.54) is 11.1 Å². The lowest BCUT2D eigenvalue weighted by Gasteiger charge is -2.16. The SMILES string of the molecule is CC(C)c1cccc(C(C)C)c1/N=C/Cn1c(=O)n2ccnc2c2ccccc21. The van der Waals surface area contributed by atoms with E-state index in [4.69, 9.17) is 4.99 Å². The average Bonchev–Trinajstić information content (AvgIpc) is 3.20. The van der Waals surface area contributed by atoms with Gasteiger partial charge in [-0.2, -0.15) is 0 Å². The zero-order valence-corrected chi connectivity index (χ0v) is 17.3. The molecule has 5 heteroatoms. The monoisotopic (exact) mass is 386 g/mol. The summed E-state index contributed by atoms with van der Waals surface area (Å²) in [6.45, 7) is 9.14. The number of imidazole rings is 1. The van der Waals surface area contributed by atoms with E-state index in [0.717, 1.165) is 16.6 Å². The number of fused-ring (bicyclic) bond motifs is 3. The minimum absolute atomic E-state index is 0.108. The summed E-state index contributed by atoms with van der Waals surface area (Å²) in [4.78, 5) is 22.2. The molecule has 4 rings (SSSR count). The van der Waals surface area contributed by atoms with E-state index in [0.29, 0.717) is 24.0 Å². The molecular formula is C24H26N4O. The van der Waals surface area contributed by atoms with E-state index in [9.17, 15) is 4.79 Å². The van der Waals surface area contributed by atoms with E-state index in [2.05, 4.69) is 50.9 Å². The predicted octanol–water partition coefficient (Wildman–Crippen LogP) is 5.30. The first-order valence-electron chi connectivity index (χ1n) is 10.1. The summed E-state index contributed by atoms with van der Waals surface area (Å²) in [5.74, 6) is 0.762. The molecular weight excluding hydrogens is 360 g/mol. The van der Waals surface area contributed by atoms with Gasteiger partial charge in [-0.15, -0.1) is 0 Å². The molecule has 0 aliphatic heterocycles. The van der Waals surface area contributed by atoms with Crippen LogP contribution in [-0.4, -0.2) is 20.2 Å². The van der Waals surface area contributed by atoms with E-state index in [1.807, 2.05) is 30.5 Å². The second-order valence-corrected chi connectivity index (χ2v) is 7.94.